The highest BCUT2D eigenvalue weighted by molar-refractivity contribution is 7.86. The van der Waals surface area contributed by atoms with Crippen molar-refractivity contribution in [2.45, 2.75) is 11.8 Å². The third-order valence-electron chi connectivity index (χ3n) is 3.39. The van der Waals surface area contributed by atoms with Crippen LogP contribution >= 0.6 is 0 Å². The normalized spacial score (nSPS) is 22.2. The second kappa shape index (κ2) is 7.09. The second-order valence-electron chi connectivity index (χ2n) is 5.19. The third-order valence-corrected chi connectivity index (χ3v) is 4.26. The molecule has 1 heterocycles. The van der Waals surface area contributed by atoms with E-state index in [4.69, 9.17) is 23.5 Å². The summed E-state index contributed by atoms with van der Waals surface area (Å²) in [6.07, 6.45) is -2.40. The van der Waals surface area contributed by atoms with Gasteiger partial charge in [-0.3, -0.25) is 4.79 Å². The third kappa shape index (κ3) is 3.80. The van der Waals surface area contributed by atoms with E-state index < -0.39 is 39.3 Å². The molecule has 0 fully saturated rings. The van der Waals surface area contributed by atoms with E-state index in [-0.39, 0.29) is 11.1 Å². The molecule has 26 heavy (non-hydrogen) atoms. The number of nitrogens with two attached hydrogens (primary N) is 1. The molecule has 136 valence electrons. The molecule has 0 radical (unpaired) electrons. The van der Waals surface area contributed by atoms with Crippen LogP contribution in [0.25, 0.3) is 0 Å². The first-order valence-corrected chi connectivity index (χ1v) is 8.81. The first kappa shape index (κ1) is 14.2. The van der Waals surface area contributed by atoms with Crippen molar-refractivity contribution in [3.05, 3.63) is 77.4 Å². The van der Waals surface area contributed by atoms with Crippen LogP contribution < -0.4 is 10.5 Å². The van der Waals surface area contributed by atoms with E-state index in [1.807, 2.05) is 0 Å². The molecule has 2 N–H and O–H groups in total. The van der Waals surface area contributed by atoms with Gasteiger partial charge in [-0.05, 0) is 17.7 Å². The highest BCUT2D eigenvalue weighted by atomic mass is 32.2. The maximum absolute atomic E-state index is 12.8. The van der Waals surface area contributed by atoms with Crippen molar-refractivity contribution >= 4 is 15.9 Å². The Morgan fingerprint density at radius 1 is 1.23 bits per heavy atom. The maximum Gasteiger partial charge on any atom is 0.313 e. The fourth-order valence-electron chi connectivity index (χ4n) is 2.23. The van der Waals surface area contributed by atoms with Crippen molar-refractivity contribution < 1.29 is 31.0 Å². The summed E-state index contributed by atoms with van der Waals surface area (Å²) in [4.78, 5) is 12.8. The van der Waals surface area contributed by atoms with Gasteiger partial charge in [-0.2, -0.15) is 8.42 Å². The summed E-state index contributed by atoms with van der Waals surface area (Å²) in [6.45, 7) is 0. The van der Waals surface area contributed by atoms with Gasteiger partial charge in [0.2, 0.25) is 17.4 Å². The van der Waals surface area contributed by atoms with Crippen LogP contribution in [0.4, 0.5) is 0 Å². The standard InChI is InChI=1S/C18H17NO6S/c1-23-14-9-5-8-13(10-14)16-15(20)17(18(19)24-16)25-26(21,22)11-12-6-3-2-4-7-12/h2-10,16H,11,19H2,1H3/t16-/m0/s1/i11D2,16D. The fourth-order valence-corrected chi connectivity index (χ4v) is 3.08. The van der Waals surface area contributed by atoms with Gasteiger partial charge in [0.05, 0.1) is 11.2 Å². The van der Waals surface area contributed by atoms with Crippen molar-refractivity contribution in [3.8, 4) is 5.75 Å². The Labute approximate surface area is 155 Å². The number of carbonyl (C=O) groups excluding carboxylic acids is 1. The lowest BCUT2D eigenvalue weighted by Gasteiger charge is -2.11. The van der Waals surface area contributed by atoms with Gasteiger partial charge in [-0.25, -0.2) is 0 Å². The fraction of sp³-hybridized carbons (Fsp3) is 0.167. The Kier molecular flexibility index (Phi) is 3.87. The molecule has 3 rings (SSSR count). The number of hydrogen-bond acceptors (Lipinski definition) is 7. The lowest BCUT2D eigenvalue weighted by atomic mass is 10.1. The molecule has 0 bridgehead atoms. The van der Waals surface area contributed by atoms with Crippen LogP contribution in [0, 0.1) is 0 Å². The van der Waals surface area contributed by atoms with Crippen molar-refractivity contribution in [2.24, 2.45) is 5.73 Å². The molecule has 1 aliphatic rings. The summed E-state index contributed by atoms with van der Waals surface area (Å²) >= 11 is 0. The molecule has 0 saturated carbocycles. The van der Waals surface area contributed by atoms with Gasteiger partial charge < -0.3 is 19.4 Å². The lowest BCUT2D eigenvalue weighted by molar-refractivity contribution is -0.123. The number of methoxy groups -OCH3 is 1. The Balaban J connectivity index is 1.94. The molecule has 7 nitrogen and oxygen atoms in total. The van der Waals surface area contributed by atoms with Crippen LogP contribution in [0.1, 0.15) is 21.3 Å². The van der Waals surface area contributed by atoms with Crippen LogP contribution in [0.5, 0.6) is 5.75 Å². The molecular weight excluding hydrogens is 358 g/mol. The van der Waals surface area contributed by atoms with Crippen LogP contribution in [-0.4, -0.2) is 21.3 Å². The molecule has 2 aromatic carbocycles. The zero-order valence-electron chi connectivity index (χ0n) is 16.6. The van der Waals surface area contributed by atoms with Gasteiger partial charge >= 0.3 is 10.1 Å². The predicted molar refractivity (Wildman–Crippen MR) is 93.2 cm³/mol. The molecule has 8 heteroatoms. The van der Waals surface area contributed by atoms with Crippen LogP contribution in [0.3, 0.4) is 0 Å². The minimum absolute atomic E-state index is 0.0341. The van der Waals surface area contributed by atoms with Crippen molar-refractivity contribution in [2.75, 3.05) is 7.11 Å². The Hall–Kier alpha value is -3.00. The summed E-state index contributed by atoms with van der Waals surface area (Å²) in [5, 5.41) is 0. The summed E-state index contributed by atoms with van der Waals surface area (Å²) in [7, 11) is -3.63. The van der Waals surface area contributed by atoms with E-state index in [1.165, 1.54) is 49.6 Å². The molecular formula is C18H17NO6S. The van der Waals surface area contributed by atoms with E-state index in [9.17, 15) is 13.2 Å². The Morgan fingerprint density at radius 3 is 2.65 bits per heavy atom. The van der Waals surface area contributed by atoms with Gasteiger partial charge in [0.25, 0.3) is 0 Å². The number of Topliss-reactive ketones (excluding diaryl/α,β-unsaturated/α-hetero) is 1. The molecule has 2 aromatic rings. The lowest BCUT2D eigenvalue weighted by Crippen LogP contribution is -2.16. The minimum Gasteiger partial charge on any atom is -0.497 e. The average molecular weight is 378 g/mol. The van der Waals surface area contributed by atoms with Crippen molar-refractivity contribution in [3.63, 3.8) is 0 Å². The number of ketones is 1. The monoisotopic (exact) mass is 378 g/mol. The predicted octanol–water partition coefficient (Wildman–Crippen LogP) is 2.01. The van der Waals surface area contributed by atoms with Crippen LogP contribution in [0.2, 0.25) is 0 Å². The van der Waals surface area contributed by atoms with Crippen LogP contribution in [0.15, 0.2) is 66.2 Å². The van der Waals surface area contributed by atoms with Gasteiger partial charge in [0.1, 0.15) is 11.5 Å². The first-order chi connectivity index (χ1) is 13.5. The Morgan fingerprint density at radius 2 is 1.96 bits per heavy atom. The SMILES string of the molecule is [2H]C([2H])(c1ccccc1)S(=O)(=O)OC1=C(N)O[C@@]([2H])(c2cccc(OC)c2)C1=O. The van der Waals surface area contributed by atoms with E-state index in [2.05, 4.69) is 0 Å². The van der Waals surface area contributed by atoms with E-state index in [0.29, 0.717) is 5.75 Å². The highest BCUT2D eigenvalue weighted by Crippen LogP contribution is 2.33. The minimum atomic E-state index is -5.02. The summed E-state index contributed by atoms with van der Waals surface area (Å²) < 4.78 is 64.4. The molecule has 0 amide bonds. The zero-order chi connectivity index (χ0) is 21.4. The van der Waals surface area contributed by atoms with E-state index >= 15 is 0 Å². The number of ether oxygens (including phenoxy) is 2. The highest BCUT2D eigenvalue weighted by Gasteiger charge is 2.39. The second-order valence-corrected chi connectivity index (χ2v) is 6.47. The summed E-state index contributed by atoms with van der Waals surface area (Å²) in [5.74, 6) is -2.54. The maximum atomic E-state index is 12.8. The van der Waals surface area contributed by atoms with Gasteiger partial charge in [-0.15, -0.1) is 0 Å². The van der Waals surface area contributed by atoms with E-state index in [1.54, 1.807) is 12.1 Å². The molecule has 0 aliphatic carbocycles. The topological polar surface area (TPSA) is 105 Å². The first-order valence-electron chi connectivity index (χ1n) is 8.90. The number of carbonyl (C=O) groups is 1. The average Bonchev–Trinajstić information content (AvgIpc) is 2.92. The van der Waals surface area contributed by atoms with Gasteiger partial charge in [0, 0.05) is 5.56 Å². The Bertz CT molecular complexity index is 1090. The molecule has 0 spiro atoms. The molecule has 1 aliphatic heterocycles. The summed E-state index contributed by atoms with van der Waals surface area (Å²) in [6, 6.07) is 12.9. The van der Waals surface area contributed by atoms with Crippen molar-refractivity contribution in [1.82, 2.24) is 0 Å². The van der Waals surface area contributed by atoms with Gasteiger partial charge in [0.15, 0.2) is 6.08 Å². The number of hydrogen-bond donors (Lipinski definition) is 1. The zero-order valence-corrected chi connectivity index (χ0v) is 14.4. The summed E-state index contributed by atoms with van der Waals surface area (Å²) in [5.41, 5.74) is 2.47. The quantitative estimate of drug-likeness (QED) is 0.767. The molecule has 0 unspecified atom stereocenters. The molecule has 0 saturated heterocycles. The van der Waals surface area contributed by atoms with Gasteiger partial charge in [-0.1, -0.05) is 42.5 Å². The largest absolute Gasteiger partial charge is 0.497 e. The molecule has 1 atom stereocenters. The van der Waals surface area contributed by atoms with E-state index in [0.717, 1.165) is 0 Å². The smallest absolute Gasteiger partial charge is 0.313 e. The number of rotatable bonds is 6. The van der Waals surface area contributed by atoms with Crippen LogP contribution in [-0.2, 0) is 29.5 Å². The van der Waals surface area contributed by atoms with Crippen molar-refractivity contribution in [1.29, 1.82) is 0 Å². The molecule has 0 aromatic heterocycles. The number of benzene rings is 2.